The Hall–Kier alpha value is -0.650. The third-order valence-electron chi connectivity index (χ3n) is 2.83. The third-order valence-corrected chi connectivity index (χ3v) is 2.83. The third kappa shape index (κ3) is 4.15. The minimum absolute atomic E-state index is 0.411. The lowest BCUT2D eigenvalue weighted by atomic mass is 10.2. The van der Waals surface area contributed by atoms with E-state index in [0.29, 0.717) is 6.54 Å². The molecule has 5 heteroatoms. The van der Waals surface area contributed by atoms with Crippen molar-refractivity contribution in [1.82, 2.24) is 9.80 Å². The molecule has 0 spiro atoms. The molecule has 1 heterocycles. The van der Waals surface area contributed by atoms with E-state index in [1.807, 2.05) is 0 Å². The van der Waals surface area contributed by atoms with E-state index >= 15 is 0 Å². The summed E-state index contributed by atoms with van der Waals surface area (Å²) in [6.45, 7) is 8.06. The van der Waals surface area contributed by atoms with Gasteiger partial charge in [-0.05, 0) is 13.0 Å². The first-order valence-electron chi connectivity index (χ1n) is 5.63. The molecule has 1 rings (SSSR count). The van der Waals surface area contributed by atoms with Crippen LogP contribution in [0.5, 0.6) is 0 Å². The van der Waals surface area contributed by atoms with E-state index in [1.54, 1.807) is 0 Å². The Balaban J connectivity index is 2.22. The van der Waals surface area contributed by atoms with Crippen molar-refractivity contribution in [1.29, 1.82) is 0 Å². The fourth-order valence-corrected chi connectivity index (χ4v) is 1.88. The minimum atomic E-state index is -0.525. The highest BCUT2D eigenvalue weighted by Crippen LogP contribution is 2.02. The van der Waals surface area contributed by atoms with Gasteiger partial charge in [0.05, 0.1) is 6.04 Å². The zero-order valence-corrected chi connectivity index (χ0v) is 9.48. The van der Waals surface area contributed by atoms with Gasteiger partial charge in [0.2, 0.25) is 5.91 Å². The average molecular weight is 214 g/mol. The van der Waals surface area contributed by atoms with Crippen LogP contribution in [0.25, 0.3) is 0 Å². The summed E-state index contributed by atoms with van der Waals surface area (Å²) in [4.78, 5) is 15.4. The molecule has 0 saturated carbocycles. The summed E-state index contributed by atoms with van der Waals surface area (Å²) in [5, 5.41) is 0. The van der Waals surface area contributed by atoms with Crippen molar-refractivity contribution in [2.24, 2.45) is 11.5 Å². The first-order chi connectivity index (χ1) is 7.13. The standard InChI is InChI=1S/C10H22N4O/c1-2-3-13-4-6-14(7-5-13)8-9(11)10(12)15/h9H,2-8,11H2,1H3,(H2,12,15). The number of primary amides is 1. The molecule has 0 bridgehead atoms. The lowest BCUT2D eigenvalue weighted by Gasteiger charge is -2.35. The van der Waals surface area contributed by atoms with E-state index in [4.69, 9.17) is 11.5 Å². The fraction of sp³-hybridized carbons (Fsp3) is 0.900. The number of carbonyl (C=O) groups is 1. The molecular weight excluding hydrogens is 192 g/mol. The average Bonchev–Trinajstić information content (AvgIpc) is 2.21. The highest BCUT2D eigenvalue weighted by atomic mass is 16.1. The number of carbonyl (C=O) groups excluding carboxylic acids is 1. The van der Waals surface area contributed by atoms with Crippen LogP contribution in [0.1, 0.15) is 13.3 Å². The van der Waals surface area contributed by atoms with Crippen LogP contribution >= 0.6 is 0 Å². The molecule has 1 amide bonds. The smallest absolute Gasteiger partial charge is 0.235 e. The summed E-state index contributed by atoms with van der Waals surface area (Å²) in [5.41, 5.74) is 10.7. The Bertz CT molecular complexity index is 202. The molecule has 1 fully saturated rings. The van der Waals surface area contributed by atoms with Gasteiger partial charge >= 0.3 is 0 Å². The number of hydrogen-bond acceptors (Lipinski definition) is 4. The Kier molecular flexibility index (Phi) is 5.01. The number of rotatable bonds is 5. The van der Waals surface area contributed by atoms with Crippen molar-refractivity contribution in [2.45, 2.75) is 19.4 Å². The van der Waals surface area contributed by atoms with Gasteiger partial charge in [-0.1, -0.05) is 6.92 Å². The van der Waals surface area contributed by atoms with Gasteiger partial charge in [0.25, 0.3) is 0 Å². The van der Waals surface area contributed by atoms with Crippen LogP contribution < -0.4 is 11.5 Å². The monoisotopic (exact) mass is 214 g/mol. The lowest BCUT2D eigenvalue weighted by molar-refractivity contribution is -0.119. The topological polar surface area (TPSA) is 75.6 Å². The van der Waals surface area contributed by atoms with Crippen molar-refractivity contribution in [3.05, 3.63) is 0 Å². The Morgan fingerprint density at radius 1 is 1.27 bits per heavy atom. The van der Waals surface area contributed by atoms with E-state index in [0.717, 1.165) is 32.7 Å². The number of piperazine rings is 1. The largest absolute Gasteiger partial charge is 0.368 e. The van der Waals surface area contributed by atoms with Crippen LogP contribution in [0.3, 0.4) is 0 Å². The van der Waals surface area contributed by atoms with Crippen LogP contribution in [0.4, 0.5) is 0 Å². The highest BCUT2D eigenvalue weighted by Gasteiger charge is 2.19. The molecule has 0 radical (unpaired) electrons. The molecule has 4 N–H and O–H groups in total. The molecule has 5 nitrogen and oxygen atoms in total. The Morgan fingerprint density at radius 3 is 2.27 bits per heavy atom. The van der Waals surface area contributed by atoms with Gasteiger partial charge in [0.15, 0.2) is 0 Å². The molecule has 0 aromatic carbocycles. The van der Waals surface area contributed by atoms with Gasteiger partial charge in [-0.25, -0.2) is 0 Å². The molecule has 1 aliphatic rings. The molecule has 0 aliphatic carbocycles. The van der Waals surface area contributed by atoms with Crippen molar-refractivity contribution in [3.63, 3.8) is 0 Å². The molecule has 15 heavy (non-hydrogen) atoms. The van der Waals surface area contributed by atoms with Crippen LogP contribution in [-0.2, 0) is 4.79 Å². The molecule has 0 aromatic heterocycles. The lowest BCUT2D eigenvalue weighted by Crippen LogP contribution is -2.52. The normalized spacial score (nSPS) is 21.5. The second-order valence-electron chi connectivity index (χ2n) is 4.15. The summed E-state index contributed by atoms with van der Waals surface area (Å²) >= 11 is 0. The molecule has 1 saturated heterocycles. The molecule has 1 aliphatic heterocycles. The SMILES string of the molecule is CCCN1CCN(CC(N)C(N)=O)CC1. The fourth-order valence-electron chi connectivity index (χ4n) is 1.88. The van der Waals surface area contributed by atoms with Crippen LogP contribution in [-0.4, -0.2) is 61.0 Å². The maximum absolute atomic E-state index is 10.8. The van der Waals surface area contributed by atoms with E-state index in [2.05, 4.69) is 16.7 Å². The summed E-state index contributed by atoms with van der Waals surface area (Å²) in [6.07, 6.45) is 1.20. The second kappa shape index (κ2) is 6.05. The Labute approximate surface area is 91.4 Å². The van der Waals surface area contributed by atoms with Crippen LogP contribution in [0.2, 0.25) is 0 Å². The number of nitrogens with zero attached hydrogens (tertiary/aromatic N) is 2. The molecule has 88 valence electrons. The van der Waals surface area contributed by atoms with Crippen molar-refractivity contribution in [3.8, 4) is 0 Å². The van der Waals surface area contributed by atoms with Gasteiger partial charge < -0.3 is 16.4 Å². The van der Waals surface area contributed by atoms with Gasteiger partial charge in [-0.15, -0.1) is 0 Å². The predicted octanol–water partition coefficient (Wildman–Crippen LogP) is -1.17. The first-order valence-corrected chi connectivity index (χ1v) is 5.63. The quantitative estimate of drug-likeness (QED) is 0.604. The van der Waals surface area contributed by atoms with Crippen molar-refractivity contribution in [2.75, 3.05) is 39.3 Å². The first kappa shape index (κ1) is 12.4. The van der Waals surface area contributed by atoms with Crippen LogP contribution in [0, 0.1) is 0 Å². The molecule has 1 atom stereocenters. The van der Waals surface area contributed by atoms with Crippen molar-refractivity contribution >= 4 is 5.91 Å². The predicted molar refractivity (Wildman–Crippen MR) is 60.3 cm³/mol. The van der Waals surface area contributed by atoms with E-state index < -0.39 is 11.9 Å². The maximum atomic E-state index is 10.8. The number of amides is 1. The highest BCUT2D eigenvalue weighted by molar-refractivity contribution is 5.79. The zero-order chi connectivity index (χ0) is 11.3. The summed E-state index contributed by atoms with van der Waals surface area (Å²) in [6, 6.07) is -0.525. The number of hydrogen-bond donors (Lipinski definition) is 2. The Morgan fingerprint density at radius 2 is 1.80 bits per heavy atom. The van der Waals surface area contributed by atoms with E-state index in [1.165, 1.54) is 6.42 Å². The zero-order valence-electron chi connectivity index (χ0n) is 9.48. The summed E-state index contributed by atoms with van der Waals surface area (Å²) in [5.74, 6) is -0.411. The van der Waals surface area contributed by atoms with Crippen LogP contribution in [0.15, 0.2) is 0 Å². The van der Waals surface area contributed by atoms with Gasteiger partial charge in [0, 0.05) is 32.7 Å². The molecule has 0 aromatic rings. The molecule has 1 unspecified atom stereocenters. The molecular formula is C10H22N4O. The maximum Gasteiger partial charge on any atom is 0.235 e. The summed E-state index contributed by atoms with van der Waals surface area (Å²) in [7, 11) is 0. The number of nitrogens with two attached hydrogens (primary N) is 2. The van der Waals surface area contributed by atoms with Gasteiger partial charge in [-0.2, -0.15) is 0 Å². The van der Waals surface area contributed by atoms with Crippen molar-refractivity contribution < 1.29 is 4.79 Å². The van der Waals surface area contributed by atoms with Gasteiger partial charge in [-0.3, -0.25) is 9.69 Å². The van der Waals surface area contributed by atoms with E-state index in [9.17, 15) is 4.79 Å². The summed E-state index contributed by atoms with van der Waals surface area (Å²) < 4.78 is 0. The van der Waals surface area contributed by atoms with Gasteiger partial charge in [0.1, 0.15) is 0 Å². The second-order valence-corrected chi connectivity index (χ2v) is 4.15. The minimum Gasteiger partial charge on any atom is -0.368 e. The van der Waals surface area contributed by atoms with E-state index in [-0.39, 0.29) is 0 Å².